The SMILES string of the molecule is c1ccc(-c2ccccc2N(c2ccc3oc4ccccc4c3c2)c2ccc3c4ccccc4c4ccccc4c3c2)cc1. The van der Waals surface area contributed by atoms with E-state index in [-0.39, 0.29) is 0 Å². The Kier molecular flexibility index (Phi) is 5.54. The van der Waals surface area contributed by atoms with E-state index in [2.05, 4.69) is 157 Å². The molecule has 0 spiro atoms. The van der Waals surface area contributed by atoms with E-state index >= 15 is 0 Å². The third-order valence-electron chi connectivity index (χ3n) is 8.83. The average Bonchev–Trinajstić information content (AvgIpc) is 3.47. The molecule has 0 N–H and O–H groups in total. The molecular formula is C42H27NO. The number of benzene rings is 8. The molecule has 9 aromatic rings. The van der Waals surface area contributed by atoms with Gasteiger partial charge in [0.05, 0.1) is 5.69 Å². The summed E-state index contributed by atoms with van der Waals surface area (Å²) in [7, 11) is 0. The highest BCUT2D eigenvalue weighted by molar-refractivity contribution is 6.25. The van der Waals surface area contributed by atoms with Gasteiger partial charge in [-0.15, -0.1) is 0 Å². The van der Waals surface area contributed by atoms with Crippen molar-refractivity contribution in [3.63, 3.8) is 0 Å². The molecule has 2 nitrogen and oxygen atoms in total. The molecule has 8 aromatic carbocycles. The summed E-state index contributed by atoms with van der Waals surface area (Å²) in [4.78, 5) is 2.40. The lowest BCUT2D eigenvalue weighted by Crippen LogP contribution is -2.11. The normalized spacial score (nSPS) is 11.6. The van der Waals surface area contributed by atoms with Crippen LogP contribution in [0.5, 0.6) is 0 Å². The zero-order chi connectivity index (χ0) is 29.0. The van der Waals surface area contributed by atoms with Crippen molar-refractivity contribution >= 4 is 71.3 Å². The van der Waals surface area contributed by atoms with E-state index in [4.69, 9.17) is 4.42 Å². The highest BCUT2D eigenvalue weighted by Gasteiger charge is 2.20. The van der Waals surface area contributed by atoms with Gasteiger partial charge in [0, 0.05) is 27.7 Å². The lowest BCUT2D eigenvalue weighted by atomic mass is 9.93. The Labute approximate surface area is 255 Å². The van der Waals surface area contributed by atoms with Crippen LogP contribution in [0.2, 0.25) is 0 Å². The third-order valence-corrected chi connectivity index (χ3v) is 8.83. The molecule has 0 bridgehead atoms. The van der Waals surface area contributed by atoms with Gasteiger partial charge >= 0.3 is 0 Å². The number of rotatable bonds is 4. The number of para-hydroxylation sites is 2. The van der Waals surface area contributed by atoms with Crippen molar-refractivity contribution < 1.29 is 4.42 Å². The van der Waals surface area contributed by atoms with Crippen LogP contribution in [0.25, 0.3) is 65.4 Å². The predicted octanol–water partition coefficient (Wildman–Crippen LogP) is 12.2. The first-order valence-corrected chi connectivity index (χ1v) is 15.0. The molecule has 1 heterocycles. The first-order chi connectivity index (χ1) is 21.8. The predicted molar refractivity (Wildman–Crippen MR) is 186 cm³/mol. The maximum Gasteiger partial charge on any atom is 0.135 e. The van der Waals surface area contributed by atoms with E-state index in [1.807, 2.05) is 12.1 Å². The molecule has 2 heteroatoms. The van der Waals surface area contributed by atoms with Crippen molar-refractivity contribution in [1.82, 2.24) is 0 Å². The fraction of sp³-hybridized carbons (Fsp3) is 0. The summed E-state index contributed by atoms with van der Waals surface area (Å²) in [6, 6.07) is 58.6. The Morgan fingerprint density at radius 2 is 0.841 bits per heavy atom. The summed E-state index contributed by atoms with van der Waals surface area (Å²) in [5.41, 5.74) is 7.46. The molecule has 0 aliphatic carbocycles. The highest BCUT2D eigenvalue weighted by atomic mass is 16.3. The molecule has 0 atom stereocenters. The van der Waals surface area contributed by atoms with E-state index < -0.39 is 0 Å². The summed E-state index contributed by atoms with van der Waals surface area (Å²) >= 11 is 0. The maximum atomic E-state index is 6.22. The molecule has 9 rings (SSSR count). The quantitative estimate of drug-likeness (QED) is 0.199. The third kappa shape index (κ3) is 3.82. The molecule has 0 radical (unpaired) electrons. The van der Waals surface area contributed by atoms with Crippen LogP contribution < -0.4 is 4.90 Å². The van der Waals surface area contributed by atoms with Gasteiger partial charge in [0.1, 0.15) is 11.2 Å². The van der Waals surface area contributed by atoms with Crippen LogP contribution in [0, 0.1) is 0 Å². The van der Waals surface area contributed by atoms with E-state index in [9.17, 15) is 0 Å². The van der Waals surface area contributed by atoms with Crippen molar-refractivity contribution in [3.8, 4) is 11.1 Å². The van der Waals surface area contributed by atoms with Gasteiger partial charge in [-0.25, -0.2) is 0 Å². The molecule has 206 valence electrons. The lowest BCUT2D eigenvalue weighted by molar-refractivity contribution is 0.669. The molecule has 0 aliphatic heterocycles. The van der Waals surface area contributed by atoms with E-state index in [1.165, 1.54) is 43.4 Å². The molecule has 0 amide bonds. The van der Waals surface area contributed by atoms with Gasteiger partial charge in [0.15, 0.2) is 0 Å². The molecule has 0 unspecified atom stereocenters. The zero-order valence-electron chi connectivity index (χ0n) is 23.9. The van der Waals surface area contributed by atoms with Crippen LogP contribution in [-0.2, 0) is 0 Å². The van der Waals surface area contributed by atoms with Crippen LogP contribution in [0.15, 0.2) is 168 Å². The van der Waals surface area contributed by atoms with Crippen molar-refractivity contribution in [2.75, 3.05) is 4.90 Å². The van der Waals surface area contributed by atoms with Crippen molar-refractivity contribution in [2.45, 2.75) is 0 Å². The molecule has 0 saturated heterocycles. The molecular weight excluding hydrogens is 534 g/mol. The molecule has 0 fully saturated rings. The Morgan fingerprint density at radius 1 is 0.341 bits per heavy atom. The van der Waals surface area contributed by atoms with Gasteiger partial charge in [0.25, 0.3) is 0 Å². The fourth-order valence-electron chi connectivity index (χ4n) is 6.85. The molecule has 44 heavy (non-hydrogen) atoms. The first-order valence-electron chi connectivity index (χ1n) is 15.0. The number of anilines is 3. The number of fused-ring (bicyclic) bond motifs is 9. The Morgan fingerprint density at radius 3 is 1.57 bits per heavy atom. The Hall–Kier alpha value is -5.86. The highest BCUT2D eigenvalue weighted by Crippen LogP contribution is 2.45. The van der Waals surface area contributed by atoms with Gasteiger partial charge < -0.3 is 9.32 Å². The summed E-state index contributed by atoms with van der Waals surface area (Å²) in [6.07, 6.45) is 0. The zero-order valence-corrected chi connectivity index (χ0v) is 23.9. The lowest BCUT2D eigenvalue weighted by Gasteiger charge is -2.28. The minimum absolute atomic E-state index is 0.891. The summed E-state index contributed by atoms with van der Waals surface area (Å²) in [5.74, 6) is 0. The minimum atomic E-state index is 0.891. The van der Waals surface area contributed by atoms with E-state index in [1.54, 1.807) is 0 Å². The average molecular weight is 562 g/mol. The number of hydrogen-bond acceptors (Lipinski definition) is 2. The van der Waals surface area contributed by atoms with Crippen molar-refractivity contribution in [3.05, 3.63) is 164 Å². The second kappa shape index (κ2) is 9.86. The van der Waals surface area contributed by atoms with Gasteiger partial charge in [-0.2, -0.15) is 0 Å². The number of hydrogen-bond donors (Lipinski definition) is 0. The topological polar surface area (TPSA) is 16.4 Å². The van der Waals surface area contributed by atoms with Crippen LogP contribution in [0.1, 0.15) is 0 Å². The molecule has 0 saturated carbocycles. The number of nitrogens with zero attached hydrogens (tertiary/aromatic N) is 1. The second-order valence-corrected chi connectivity index (χ2v) is 11.3. The standard InChI is InChI=1S/C42H27NO/c1-2-12-28(13-3-1)31-14-8-10-20-40(31)43(30-23-25-42-39(27-30)37-19-9-11-21-41(37)44-42)29-22-24-36-34-17-5-4-15-32(34)33-16-6-7-18-35(33)38(36)26-29/h1-27H. The second-order valence-electron chi connectivity index (χ2n) is 11.3. The monoisotopic (exact) mass is 561 g/mol. The summed E-state index contributed by atoms with van der Waals surface area (Å²) in [6.45, 7) is 0. The van der Waals surface area contributed by atoms with Crippen LogP contribution in [-0.4, -0.2) is 0 Å². The van der Waals surface area contributed by atoms with Crippen LogP contribution >= 0.6 is 0 Å². The van der Waals surface area contributed by atoms with Gasteiger partial charge in [-0.05, 0) is 80.3 Å². The van der Waals surface area contributed by atoms with Gasteiger partial charge in [0.2, 0.25) is 0 Å². The maximum absolute atomic E-state index is 6.22. The fourth-order valence-corrected chi connectivity index (χ4v) is 6.85. The largest absolute Gasteiger partial charge is 0.456 e. The smallest absolute Gasteiger partial charge is 0.135 e. The van der Waals surface area contributed by atoms with Crippen molar-refractivity contribution in [1.29, 1.82) is 0 Å². The van der Waals surface area contributed by atoms with Gasteiger partial charge in [-0.3, -0.25) is 0 Å². The summed E-state index contributed by atoms with van der Waals surface area (Å²) < 4.78 is 6.22. The summed E-state index contributed by atoms with van der Waals surface area (Å²) in [5, 5.41) is 9.83. The van der Waals surface area contributed by atoms with Crippen molar-refractivity contribution in [2.24, 2.45) is 0 Å². The molecule has 1 aromatic heterocycles. The number of furan rings is 1. The minimum Gasteiger partial charge on any atom is -0.456 e. The van der Waals surface area contributed by atoms with Gasteiger partial charge in [-0.1, -0.05) is 121 Å². The van der Waals surface area contributed by atoms with E-state index in [0.29, 0.717) is 0 Å². The van der Waals surface area contributed by atoms with Crippen LogP contribution in [0.4, 0.5) is 17.1 Å². The van der Waals surface area contributed by atoms with Crippen LogP contribution in [0.3, 0.4) is 0 Å². The van der Waals surface area contributed by atoms with E-state index in [0.717, 1.165) is 39.0 Å². The first kappa shape index (κ1) is 24.7. The Balaban J connectivity index is 1.36. The molecule has 0 aliphatic rings. The Bertz CT molecular complexity index is 2470.